The number of hydrogen-bond acceptors (Lipinski definition) is 4. The van der Waals surface area contributed by atoms with Gasteiger partial charge in [-0.05, 0) is 0 Å². The topological polar surface area (TPSA) is 69.2 Å². The molecule has 0 spiro atoms. The van der Waals surface area contributed by atoms with Crippen LogP contribution in [0.3, 0.4) is 0 Å². The molecule has 6 heteroatoms. The first-order valence-electron chi connectivity index (χ1n) is 3.79. The van der Waals surface area contributed by atoms with Crippen molar-refractivity contribution < 1.29 is 9.34 Å². The first kappa shape index (κ1) is 8.96. The molecule has 0 N–H and O–H groups in total. The molecule has 72 valence electrons. The third-order valence-electron chi connectivity index (χ3n) is 1.76. The summed E-state index contributed by atoms with van der Waals surface area (Å²) in [6.45, 7) is 1.67. The number of aryl methyl sites for hydroxylation is 1. The highest BCUT2D eigenvalue weighted by molar-refractivity contribution is 6.33. The molecular formula is C8H5ClN2O3. The van der Waals surface area contributed by atoms with Crippen molar-refractivity contribution >= 4 is 28.4 Å². The maximum Gasteiger partial charge on any atom is 0.290 e. The molecule has 14 heavy (non-hydrogen) atoms. The minimum Gasteiger partial charge on any atom is -0.441 e. The molecule has 0 aliphatic heterocycles. The molecule has 1 aromatic heterocycles. The molecule has 0 unspecified atom stereocenters. The van der Waals surface area contributed by atoms with E-state index in [1.165, 1.54) is 12.1 Å². The van der Waals surface area contributed by atoms with Crippen LogP contribution in [0.2, 0.25) is 5.02 Å². The fourth-order valence-corrected chi connectivity index (χ4v) is 1.42. The zero-order valence-electron chi connectivity index (χ0n) is 7.15. The van der Waals surface area contributed by atoms with E-state index in [9.17, 15) is 10.1 Å². The SMILES string of the molecule is Cc1nc2cc([N+](=O)[O-])c(Cl)cc2o1. The average Bonchev–Trinajstić information content (AvgIpc) is 2.42. The van der Waals surface area contributed by atoms with Crippen LogP contribution in [0.5, 0.6) is 0 Å². The van der Waals surface area contributed by atoms with E-state index in [1.54, 1.807) is 6.92 Å². The lowest BCUT2D eigenvalue weighted by molar-refractivity contribution is -0.384. The second-order valence-electron chi connectivity index (χ2n) is 2.76. The first-order valence-corrected chi connectivity index (χ1v) is 4.17. The lowest BCUT2D eigenvalue weighted by Crippen LogP contribution is -1.88. The monoisotopic (exact) mass is 212 g/mol. The molecule has 2 aromatic rings. The van der Waals surface area contributed by atoms with Gasteiger partial charge >= 0.3 is 0 Å². The molecule has 0 bridgehead atoms. The van der Waals surface area contributed by atoms with Crippen LogP contribution < -0.4 is 0 Å². The summed E-state index contributed by atoms with van der Waals surface area (Å²) >= 11 is 5.68. The van der Waals surface area contributed by atoms with Gasteiger partial charge in [-0.2, -0.15) is 0 Å². The number of hydrogen-bond donors (Lipinski definition) is 0. The molecule has 0 fully saturated rings. The Kier molecular flexibility index (Phi) is 1.89. The van der Waals surface area contributed by atoms with Gasteiger partial charge in [0.1, 0.15) is 10.5 Å². The minimum absolute atomic E-state index is 0.0543. The standard InChI is InChI=1S/C8H5ClN2O3/c1-4-10-6-3-7(11(12)13)5(9)2-8(6)14-4/h2-3H,1H3. The second kappa shape index (κ2) is 2.95. The largest absolute Gasteiger partial charge is 0.441 e. The number of nitro groups is 1. The summed E-state index contributed by atoms with van der Waals surface area (Å²) in [5.41, 5.74) is 0.740. The molecule has 0 atom stereocenters. The van der Waals surface area contributed by atoms with E-state index in [0.717, 1.165) is 0 Å². The maximum atomic E-state index is 10.5. The minimum atomic E-state index is -0.550. The van der Waals surface area contributed by atoms with Gasteiger partial charge in [-0.15, -0.1) is 0 Å². The van der Waals surface area contributed by atoms with Crippen LogP contribution in [-0.2, 0) is 0 Å². The molecule has 0 amide bonds. The van der Waals surface area contributed by atoms with E-state index in [-0.39, 0.29) is 10.7 Å². The van der Waals surface area contributed by atoms with Gasteiger partial charge in [-0.3, -0.25) is 10.1 Å². The molecule has 0 aliphatic rings. The summed E-state index contributed by atoms with van der Waals surface area (Å²) in [5, 5.41) is 10.6. The van der Waals surface area contributed by atoms with Crippen molar-refractivity contribution in [1.82, 2.24) is 4.98 Å². The first-order chi connectivity index (χ1) is 6.58. The van der Waals surface area contributed by atoms with Gasteiger partial charge in [-0.25, -0.2) is 4.98 Å². The average molecular weight is 213 g/mol. The number of nitro benzene ring substituents is 1. The van der Waals surface area contributed by atoms with E-state index in [4.69, 9.17) is 16.0 Å². The Labute approximate surface area is 83.4 Å². The van der Waals surface area contributed by atoms with Crippen LogP contribution in [0.1, 0.15) is 5.89 Å². The highest BCUT2D eigenvalue weighted by Gasteiger charge is 2.15. The second-order valence-corrected chi connectivity index (χ2v) is 3.17. The summed E-state index contributed by atoms with van der Waals surface area (Å²) in [7, 11) is 0. The number of rotatable bonds is 1. The van der Waals surface area contributed by atoms with E-state index in [0.29, 0.717) is 17.0 Å². The summed E-state index contributed by atoms with van der Waals surface area (Å²) in [5.74, 6) is 0.455. The van der Waals surface area contributed by atoms with Crippen LogP contribution in [0, 0.1) is 17.0 Å². The van der Waals surface area contributed by atoms with Crippen LogP contribution in [0.4, 0.5) is 5.69 Å². The normalized spacial score (nSPS) is 10.7. The number of oxazole rings is 1. The fraction of sp³-hybridized carbons (Fsp3) is 0.125. The summed E-state index contributed by atoms with van der Waals surface area (Å²) in [4.78, 5) is 14.0. The quantitative estimate of drug-likeness (QED) is 0.538. The predicted molar refractivity (Wildman–Crippen MR) is 50.4 cm³/mol. The Balaban J connectivity index is 2.76. The molecule has 2 rings (SSSR count). The van der Waals surface area contributed by atoms with Crippen molar-refractivity contribution in [3.05, 3.63) is 33.2 Å². The van der Waals surface area contributed by atoms with Crippen LogP contribution in [0.25, 0.3) is 11.1 Å². The molecular weight excluding hydrogens is 208 g/mol. The molecule has 1 heterocycles. The third-order valence-corrected chi connectivity index (χ3v) is 2.06. The van der Waals surface area contributed by atoms with Gasteiger partial charge in [0, 0.05) is 19.1 Å². The number of benzene rings is 1. The number of fused-ring (bicyclic) bond motifs is 1. The zero-order chi connectivity index (χ0) is 10.3. The number of aromatic nitrogens is 1. The highest BCUT2D eigenvalue weighted by Crippen LogP contribution is 2.29. The fourth-order valence-electron chi connectivity index (χ4n) is 1.19. The van der Waals surface area contributed by atoms with Crippen molar-refractivity contribution in [1.29, 1.82) is 0 Å². The smallest absolute Gasteiger partial charge is 0.290 e. The van der Waals surface area contributed by atoms with Crippen LogP contribution in [-0.4, -0.2) is 9.91 Å². The van der Waals surface area contributed by atoms with Crippen molar-refractivity contribution in [2.24, 2.45) is 0 Å². The summed E-state index contributed by atoms with van der Waals surface area (Å²) < 4.78 is 5.17. The molecule has 5 nitrogen and oxygen atoms in total. The highest BCUT2D eigenvalue weighted by atomic mass is 35.5. The van der Waals surface area contributed by atoms with E-state index >= 15 is 0 Å². The van der Waals surface area contributed by atoms with Crippen molar-refractivity contribution in [2.75, 3.05) is 0 Å². The number of nitrogens with zero attached hydrogens (tertiary/aromatic N) is 2. The van der Waals surface area contributed by atoms with Gasteiger partial charge in [0.2, 0.25) is 0 Å². The number of halogens is 1. The molecule has 0 saturated heterocycles. The van der Waals surface area contributed by atoms with Crippen LogP contribution in [0.15, 0.2) is 16.5 Å². The van der Waals surface area contributed by atoms with Crippen molar-refractivity contribution in [3.8, 4) is 0 Å². The summed E-state index contributed by atoms with van der Waals surface area (Å²) in [6, 6.07) is 2.70. The van der Waals surface area contributed by atoms with Gasteiger partial charge in [0.15, 0.2) is 11.5 Å². The summed E-state index contributed by atoms with van der Waals surface area (Å²) in [6.07, 6.45) is 0. The van der Waals surface area contributed by atoms with Gasteiger partial charge < -0.3 is 4.42 Å². The van der Waals surface area contributed by atoms with Gasteiger partial charge in [0.05, 0.1) is 4.92 Å². The zero-order valence-corrected chi connectivity index (χ0v) is 7.91. The molecule has 0 saturated carbocycles. The van der Waals surface area contributed by atoms with E-state index in [2.05, 4.69) is 4.98 Å². The van der Waals surface area contributed by atoms with Gasteiger partial charge in [-0.1, -0.05) is 11.6 Å². The Morgan fingerprint density at radius 2 is 2.29 bits per heavy atom. The van der Waals surface area contributed by atoms with E-state index < -0.39 is 4.92 Å². The Hall–Kier alpha value is -1.62. The Morgan fingerprint density at radius 3 is 2.93 bits per heavy atom. The van der Waals surface area contributed by atoms with Crippen LogP contribution >= 0.6 is 11.6 Å². The molecule has 0 radical (unpaired) electrons. The third kappa shape index (κ3) is 1.31. The lowest BCUT2D eigenvalue weighted by atomic mass is 10.3. The van der Waals surface area contributed by atoms with E-state index in [1.807, 2.05) is 0 Å². The van der Waals surface area contributed by atoms with Gasteiger partial charge in [0.25, 0.3) is 5.69 Å². The maximum absolute atomic E-state index is 10.5. The Morgan fingerprint density at radius 1 is 1.57 bits per heavy atom. The molecule has 0 aliphatic carbocycles. The Bertz CT molecular complexity index is 521. The van der Waals surface area contributed by atoms with Crippen molar-refractivity contribution in [3.63, 3.8) is 0 Å². The lowest BCUT2D eigenvalue weighted by Gasteiger charge is -1.92. The molecule has 1 aromatic carbocycles. The van der Waals surface area contributed by atoms with Crippen molar-refractivity contribution in [2.45, 2.75) is 6.92 Å². The predicted octanol–water partition coefficient (Wildman–Crippen LogP) is 2.70.